The molecule has 0 aromatic rings. The van der Waals surface area contributed by atoms with Crippen molar-refractivity contribution >= 4 is 22.6 Å². The Bertz CT molecular complexity index is 59.5. The molecule has 1 aliphatic rings. The molecule has 0 spiro atoms. The smallest absolute Gasteiger partial charge is 0.0505 e. The molecule has 0 saturated carbocycles. The summed E-state index contributed by atoms with van der Waals surface area (Å²) in [6, 6.07) is 0. The zero-order chi connectivity index (χ0) is 5.82. The second-order valence-corrected chi connectivity index (χ2v) is 2.98. The van der Waals surface area contributed by atoms with Crippen molar-refractivity contribution in [2.75, 3.05) is 17.6 Å². The van der Waals surface area contributed by atoms with Crippen LogP contribution in [-0.2, 0) is 0 Å². The van der Waals surface area contributed by atoms with Crippen LogP contribution >= 0.6 is 22.6 Å². The molecule has 48 valence electrons. The average molecular weight is 225 g/mol. The van der Waals surface area contributed by atoms with Gasteiger partial charge >= 0.3 is 0 Å². The van der Waals surface area contributed by atoms with Crippen molar-refractivity contribution in [2.24, 2.45) is 0 Å². The normalized spacial score (nSPS) is 23.6. The van der Waals surface area contributed by atoms with Gasteiger partial charge in [0.2, 0.25) is 0 Å². The first-order valence-corrected chi connectivity index (χ1v) is 4.74. The Kier molecular flexibility index (Phi) is 3.12. The molecule has 2 heteroatoms. The summed E-state index contributed by atoms with van der Waals surface area (Å²) < 4.78 is 1.22. The molecule has 1 nitrogen and oxygen atoms in total. The molecule has 0 radical (unpaired) electrons. The van der Waals surface area contributed by atoms with Crippen molar-refractivity contribution in [3.05, 3.63) is 0 Å². The molecule has 0 atom stereocenters. The number of piperidine rings is 1. The van der Waals surface area contributed by atoms with Gasteiger partial charge in [-0.25, -0.2) is 0 Å². The van der Waals surface area contributed by atoms with Crippen molar-refractivity contribution in [3.8, 4) is 0 Å². The van der Waals surface area contributed by atoms with Crippen LogP contribution in [0.4, 0.5) is 0 Å². The third-order valence-electron chi connectivity index (χ3n) is 1.62. The maximum Gasteiger partial charge on any atom is 0.0505 e. The van der Waals surface area contributed by atoms with Crippen LogP contribution in [0.15, 0.2) is 0 Å². The van der Waals surface area contributed by atoms with Crippen LogP contribution in [0, 0.1) is 0 Å². The first kappa shape index (κ1) is 6.81. The van der Waals surface area contributed by atoms with Gasteiger partial charge in [0.1, 0.15) is 0 Å². The minimum atomic E-state index is 1.22. The van der Waals surface area contributed by atoms with Crippen LogP contribution in [0.25, 0.3) is 0 Å². The van der Waals surface area contributed by atoms with Gasteiger partial charge in [-0.3, -0.25) is 4.90 Å². The molecular formula is C6H12IN. The molecule has 1 fully saturated rings. The van der Waals surface area contributed by atoms with Gasteiger partial charge in [0.05, 0.1) is 4.55 Å². The molecular weight excluding hydrogens is 213 g/mol. The Morgan fingerprint density at radius 1 is 1.12 bits per heavy atom. The van der Waals surface area contributed by atoms with Gasteiger partial charge in [-0.15, -0.1) is 0 Å². The number of halogens is 1. The van der Waals surface area contributed by atoms with Gasteiger partial charge in [-0.05, 0) is 25.9 Å². The number of rotatable bonds is 1. The number of alkyl halides is 1. The van der Waals surface area contributed by atoms with E-state index in [4.69, 9.17) is 0 Å². The van der Waals surface area contributed by atoms with Crippen LogP contribution in [0.2, 0.25) is 0 Å². The maximum absolute atomic E-state index is 2.50. The third kappa shape index (κ3) is 1.90. The summed E-state index contributed by atoms with van der Waals surface area (Å²) in [4.78, 5) is 2.50. The minimum Gasteiger partial charge on any atom is -0.294 e. The summed E-state index contributed by atoms with van der Waals surface area (Å²) >= 11 is 2.43. The summed E-state index contributed by atoms with van der Waals surface area (Å²) in [7, 11) is 0. The fraction of sp³-hybridized carbons (Fsp3) is 1.00. The topological polar surface area (TPSA) is 3.24 Å². The van der Waals surface area contributed by atoms with Crippen molar-refractivity contribution in [3.63, 3.8) is 0 Å². The fourth-order valence-electron chi connectivity index (χ4n) is 1.08. The Hall–Kier alpha value is 0.690. The lowest BCUT2D eigenvalue weighted by atomic mass is 10.1. The number of hydrogen-bond acceptors (Lipinski definition) is 1. The summed E-state index contributed by atoms with van der Waals surface area (Å²) in [6.45, 7) is 2.67. The van der Waals surface area contributed by atoms with E-state index in [0.717, 1.165) is 0 Å². The lowest BCUT2D eigenvalue weighted by Gasteiger charge is -2.23. The predicted molar refractivity (Wildman–Crippen MR) is 44.3 cm³/mol. The highest BCUT2D eigenvalue weighted by Gasteiger charge is 2.06. The van der Waals surface area contributed by atoms with Crippen LogP contribution < -0.4 is 0 Å². The van der Waals surface area contributed by atoms with E-state index in [1.807, 2.05) is 0 Å². The average Bonchev–Trinajstić information content (AvgIpc) is 1.90. The van der Waals surface area contributed by atoms with Gasteiger partial charge in [0, 0.05) is 0 Å². The van der Waals surface area contributed by atoms with E-state index in [1.165, 1.54) is 36.9 Å². The minimum absolute atomic E-state index is 1.22. The Balaban J connectivity index is 2.13. The Morgan fingerprint density at radius 3 is 2.12 bits per heavy atom. The van der Waals surface area contributed by atoms with Crippen molar-refractivity contribution in [1.29, 1.82) is 0 Å². The van der Waals surface area contributed by atoms with Crippen molar-refractivity contribution in [2.45, 2.75) is 19.3 Å². The van der Waals surface area contributed by atoms with E-state index < -0.39 is 0 Å². The Morgan fingerprint density at radius 2 is 1.75 bits per heavy atom. The van der Waals surface area contributed by atoms with Gasteiger partial charge in [0.15, 0.2) is 0 Å². The van der Waals surface area contributed by atoms with E-state index in [2.05, 4.69) is 27.5 Å². The second kappa shape index (κ2) is 3.67. The second-order valence-electron chi connectivity index (χ2n) is 2.30. The lowest BCUT2D eigenvalue weighted by Crippen LogP contribution is -2.27. The molecule has 0 unspecified atom stereocenters. The molecule has 8 heavy (non-hydrogen) atoms. The highest BCUT2D eigenvalue weighted by molar-refractivity contribution is 14.1. The summed E-state index contributed by atoms with van der Waals surface area (Å²) in [5.41, 5.74) is 0. The molecule has 0 N–H and O–H groups in total. The first-order valence-electron chi connectivity index (χ1n) is 3.22. The summed E-state index contributed by atoms with van der Waals surface area (Å²) in [6.07, 6.45) is 4.29. The van der Waals surface area contributed by atoms with Crippen LogP contribution in [-0.4, -0.2) is 22.5 Å². The molecule has 1 aliphatic heterocycles. The van der Waals surface area contributed by atoms with E-state index in [1.54, 1.807) is 0 Å². The van der Waals surface area contributed by atoms with E-state index in [9.17, 15) is 0 Å². The molecule has 0 amide bonds. The maximum atomic E-state index is 2.50. The zero-order valence-electron chi connectivity index (χ0n) is 5.07. The number of nitrogens with zero attached hydrogens (tertiary/aromatic N) is 1. The summed E-state index contributed by atoms with van der Waals surface area (Å²) in [5, 5.41) is 0. The van der Waals surface area contributed by atoms with E-state index in [0.29, 0.717) is 0 Å². The monoisotopic (exact) mass is 225 g/mol. The van der Waals surface area contributed by atoms with Crippen molar-refractivity contribution < 1.29 is 0 Å². The van der Waals surface area contributed by atoms with E-state index >= 15 is 0 Å². The highest BCUT2D eigenvalue weighted by Crippen LogP contribution is 2.08. The zero-order valence-corrected chi connectivity index (χ0v) is 7.23. The molecule has 0 aromatic heterocycles. The van der Waals surface area contributed by atoms with Gasteiger partial charge in [0.25, 0.3) is 0 Å². The van der Waals surface area contributed by atoms with E-state index in [-0.39, 0.29) is 0 Å². The van der Waals surface area contributed by atoms with Crippen LogP contribution in [0.5, 0.6) is 0 Å². The predicted octanol–water partition coefficient (Wildman–Crippen LogP) is 1.86. The van der Waals surface area contributed by atoms with Crippen molar-refractivity contribution in [1.82, 2.24) is 4.90 Å². The molecule has 0 aromatic carbocycles. The SMILES string of the molecule is ICN1CCCCC1. The van der Waals surface area contributed by atoms with Gasteiger partial charge < -0.3 is 0 Å². The summed E-state index contributed by atoms with van der Waals surface area (Å²) in [5.74, 6) is 0. The molecule has 0 bridgehead atoms. The van der Waals surface area contributed by atoms with Gasteiger partial charge in [-0.1, -0.05) is 29.0 Å². The van der Waals surface area contributed by atoms with Gasteiger partial charge in [-0.2, -0.15) is 0 Å². The standard InChI is InChI=1S/C6H12IN/c7-6-8-4-2-1-3-5-8/h1-6H2. The molecule has 0 aliphatic carbocycles. The Labute approximate surface area is 64.6 Å². The number of likely N-dealkylation sites (tertiary alicyclic amines) is 1. The molecule has 1 heterocycles. The largest absolute Gasteiger partial charge is 0.294 e. The first-order chi connectivity index (χ1) is 3.93. The molecule has 1 rings (SSSR count). The fourth-order valence-corrected chi connectivity index (χ4v) is 1.76. The quantitative estimate of drug-likeness (QED) is 0.374. The lowest BCUT2D eigenvalue weighted by molar-refractivity contribution is 0.272. The van der Waals surface area contributed by atoms with Crippen LogP contribution in [0.1, 0.15) is 19.3 Å². The number of hydrogen-bond donors (Lipinski definition) is 0. The highest BCUT2D eigenvalue weighted by atomic mass is 127. The third-order valence-corrected chi connectivity index (χ3v) is 2.58. The molecule has 1 saturated heterocycles. The van der Waals surface area contributed by atoms with Crippen LogP contribution in [0.3, 0.4) is 0 Å².